The highest BCUT2D eigenvalue weighted by atomic mass is 16.5. The van der Waals surface area contributed by atoms with Gasteiger partial charge in [-0.15, -0.1) is 0 Å². The summed E-state index contributed by atoms with van der Waals surface area (Å²) in [6.45, 7) is 0. The van der Waals surface area contributed by atoms with Crippen LogP contribution in [-0.4, -0.2) is 18.1 Å². The fraction of sp³-hybridized carbons (Fsp3) is 0.167. The van der Waals surface area contributed by atoms with Crippen LogP contribution in [0, 0.1) is 0 Å². The van der Waals surface area contributed by atoms with Gasteiger partial charge in [0, 0.05) is 24.4 Å². The number of rotatable bonds is 1. The number of carbonyl (C=O) groups is 1. The number of anilines is 2. The highest BCUT2D eigenvalue weighted by Crippen LogP contribution is 2.35. The fourth-order valence-electron chi connectivity index (χ4n) is 2.14. The maximum Gasteiger partial charge on any atom is 0.231 e. The molecule has 2 N–H and O–H groups in total. The van der Waals surface area contributed by atoms with E-state index in [4.69, 9.17) is 10.3 Å². The van der Waals surface area contributed by atoms with Gasteiger partial charge >= 0.3 is 0 Å². The summed E-state index contributed by atoms with van der Waals surface area (Å²) >= 11 is 0. The monoisotopic (exact) mass is 229 g/mol. The van der Waals surface area contributed by atoms with Crippen molar-refractivity contribution in [2.45, 2.75) is 6.42 Å². The van der Waals surface area contributed by atoms with Crippen molar-refractivity contribution in [3.05, 3.63) is 29.8 Å². The summed E-state index contributed by atoms with van der Waals surface area (Å²) in [6, 6.07) is 7.41. The second-order valence-corrected chi connectivity index (χ2v) is 4.05. The summed E-state index contributed by atoms with van der Waals surface area (Å²) in [6.07, 6.45) is 0.398. The van der Waals surface area contributed by atoms with Gasteiger partial charge < -0.3 is 15.2 Å². The lowest BCUT2D eigenvalue weighted by Crippen LogP contribution is -2.20. The molecule has 0 aliphatic carbocycles. The predicted octanol–water partition coefficient (Wildman–Crippen LogP) is 1.44. The number of nitrogens with zero attached hydrogens (tertiary/aromatic N) is 2. The van der Waals surface area contributed by atoms with E-state index in [-0.39, 0.29) is 11.8 Å². The van der Waals surface area contributed by atoms with E-state index in [2.05, 4.69) is 5.16 Å². The Morgan fingerprint density at radius 2 is 2.29 bits per heavy atom. The first-order valence-electron chi connectivity index (χ1n) is 5.28. The van der Waals surface area contributed by atoms with Gasteiger partial charge in [-0.1, -0.05) is 17.3 Å². The van der Waals surface area contributed by atoms with Crippen molar-refractivity contribution in [2.75, 3.05) is 17.7 Å². The largest absolute Gasteiger partial charge is 0.368 e. The van der Waals surface area contributed by atoms with E-state index >= 15 is 0 Å². The molecule has 0 fully saturated rings. The summed E-state index contributed by atoms with van der Waals surface area (Å²) in [7, 11) is 1.77. The molecule has 0 radical (unpaired) electrons. The first-order valence-corrected chi connectivity index (χ1v) is 5.28. The highest BCUT2D eigenvalue weighted by molar-refractivity contribution is 6.03. The molecule has 5 nitrogen and oxygen atoms in total. The summed E-state index contributed by atoms with van der Waals surface area (Å²) in [5, 5.41) is 3.88. The van der Waals surface area contributed by atoms with Crippen LogP contribution in [0.2, 0.25) is 0 Å². The molecule has 0 bridgehead atoms. The van der Waals surface area contributed by atoms with Crippen LogP contribution in [-0.2, 0) is 11.2 Å². The lowest BCUT2D eigenvalue weighted by Gasteiger charge is -2.10. The van der Waals surface area contributed by atoms with E-state index in [1.807, 2.05) is 18.2 Å². The molecule has 3 rings (SSSR count). The molecular weight excluding hydrogens is 218 g/mol. The third-order valence-corrected chi connectivity index (χ3v) is 3.02. The van der Waals surface area contributed by atoms with Crippen LogP contribution in [0.4, 0.5) is 11.6 Å². The van der Waals surface area contributed by atoms with Crippen LogP contribution in [0.1, 0.15) is 5.56 Å². The van der Waals surface area contributed by atoms with Crippen molar-refractivity contribution in [1.82, 2.24) is 5.16 Å². The number of hydrogen-bond acceptors (Lipinski definition) is 4. The van der Waals surface area contributed by atoms with E-state index < -0.39 is 0 Å². The third kappa shape index (κ3) is 1.39. The molecule has 1 aromatic heterocycles. The Hall–Kier alpha value is -2.30. The number of amides is 1. The van der Waals surface area contributed by atoms with Gasteiger partial charge in [-0.25, -0.2) is 0 Å². The number of aromatic nitrogens is 1. The van der Waals surface area contributed by atoms with Gasteiger partial charge in [-0.2, -0.15) is 0 Å². The zero-order chi connectivity index (χ0) is 12.0. The lowest BCUT2D eigenvalue weighted by molar-refractivity contribution is -0.117. The van der Waals surface area contributed by atoms with E-state index in [0.717, 1.165) is 16.8 Å². The van der Waals surface area contributed by atoms with E-state index in [9.17, 15) is 4.79 Å². The Morgan fingerprint density at radius 3 is 3.00 bits per heavy atom. The van der Waals surface area contributed by atoms with Crippen molar-refractivity contribution in [1.29, 1.82) is 0 Å². The second-order valence-electron chi connectivity index (χ2n) is 4.05. The van der Waals surface area contributed by atoms with E-state index in [1.165, 1.54) is 0 Å². The second kappa shape index (κ2) is 3.35. The normalized spacial score (nSPS) is 14.2. The molecule has 1 aliphatic rings. The number of nitrogen functional groups attached to an aromatic ring is 1. The van der Waals surface area contributed by atoms with Crippen molar-refractivity contribution in [3.8, 4) is 11.3 Å². The zero-order valence-electron chi connectivity index (χ0n) is 9.30. The molecule has 1 aliphatic heterocycles. The van der Waals surface area contributed by atoms with Crippen LogP contribution >= 0.6 is 0 Å². The maximum atomic E-state index is 11.7. The Bertz CT molecular complexity index is 604. The average molecular weight is 229 g/mol. The van der Waals surface area contributed by atoms with Crippen LogP contribution in [0.25, 0.3) is 11.3 Å². The first kappa shape index (κ1) is 9.89. The van der Waals surface area contributed by atoms with Crippen LogP contribution in [0.3, 0.4) is 0 Å². The van der Waals surface area contributed by atoms with Crippen LogP contribution < -0.4 is 10.6 Å². The molecule has 1 amide bonds. The Labute approximate surface area is 97.8 Å². The average Bonchev–Trinajstić information content (AvgIpc) is 2.85. The Balaban J connectivity index is 2.18. The molecule has 17 heavy (non-hydrogen) atoms. The Kier molecular flexibility index (Phi) is 1.95. The molecule has 2 heterocycles. The molecule has 0 atom stereocenters. The molecule has 5 heteroatoms. The molecule has 86 valence electrons. The van der Waals surface area contributed by atoms with Gasteiger partial charge in [0.2, 0.25) is 11.8 Å². The predicted molar refractivity (Wildman–Crippen MR) is 63.5 cm³/mol. The molecule has 2 aromatic rings. The number of carbonyl (C=O) groups excluding carboxylic acids is 1. The van der Waals surface area contributed by atoms with Gasteiger partial charge in [0.25, 0.3) is 0 Å². The SMILES string of the molecule is CN1C(=O)Cc2c(-c3cc(N)on3)cccc21. The summed E-state index contributed by atoms with van der Waals surface area (Å²) < 4.78 is 4.86. The van der Waals surface area contributed by atoms with Gasteiger partial charge in [-0.05, 0) is 11.6 Å². The lowest BCUT2D eigenvalue weighted by atomic mass is 10.0. The van der Waals surface area contributed by atoms with Crippen molar-refractivity contribution >= 4 is 17.5 Å². The standard InChI is InChI=1S/C12H11N3O2/c1-15-10-4-2-3-7(8(10)5-12(15)16)9-6-11(13)17-14-9/h2-4,6H,5,13H2,1H3. The number of hydrogen-bond donors (Lipinski definition) is 1. The molecule has 1 aromatic carbocycles. The molecule has 0 spiro atoms. The van der Waals surface area contributed by atoms with Gasteiger partial charge in [0.1, 0.15) is 5.69 Å². The maximum absolute atomic E-state index is 11.7. The number of likely N-dealkylation sites (N-methyl/N-ethyl adjacent to an activating group) is 1. The molecule has 0 unspecified atom stereocenters. The molecule has 0 saturated heterocycles. The third-order valence-electron chi connectivity index (χ3n) is 3.02. The van der Waals surface area contributed by atoms with Gasteiger partial charge in [0.15, 0.2) is 0 Å². The number of benzene rings is 1. The molecule has 0 saturated carbocycles. The van der Waals surface area contributed by atoms with Crippen LogP contribution in [0.15, 0.2) is 28.8 Å². The van der Waals surface area contributed by atoms with Crippen molar-refractivity contribution < 1.29 is 9.32 Å². The summed E-state index contributed by atoms with van der Waals surface area (Å²) in [4.78, 5) is 13.3. The zero-order valence-corrected chi connectivity index (χ0v) is 9.30. The number of fused-ring (bicyclic) bond motifs is 1. The minimum atomic E-state index is 0.0870. The summed E-state index contributed by atoms with van der Waals surface area (Å²) in [5.74, 6) is 0.360. The van der Waals surface area contributed by atoms with E-state index in [1.54, 1.807) is 18.0 Å². The summed E-state index contributed by atoms with van der Waals surface area (Å²) in [5.41, 5.74) is 8.99. The van der Waals surface area contributed by atoms with Crippen molar-refractivity contribution in [3.63, 3.8) is 0 Å². The first-order chi connectivity index (χ1) is 8.16. The molecular formula is C12H11N3O2. The topological polar surface area (TPSA) is 72.4 Å². The quantitative estimate of drug-likeness (QED) is 0.803. The van der Waals surface area contributed by atoms with Gasteiger partial charge in [-0.3, -0.25) is 4.79 Å². The van der Waals surface area contributed by atoms with Crippen LogP contribution in [0.5, 0.6) is 0 Å². The minimum absolute atomic E-state index is 0.0870. The Morgan fingerprint density at radius 1 is 1.47 bits per heavy atom. The smallest absolute Gasteiger partial charge is 0.231 e. The highest BCUT2D eigenvalue weighted by Gasteiger charge is 2.27. The minimum Gasteiger partial charge on any atom is -0.368 e. The van der Waals surface area contributed by atoms with Gasteiger partial charge in [0.05, 0.1) is 6.42 Å². The number of nitrogens with two attached hydrogens (primary N) is 1. The van der Waals surface area contributed by atoms with E-state index in [0.29, 0.717) is 12.1 Å². The fourth-order valence-corrected chi connectivity index (χ4v) is 2.14. The van der Waals surface area contributed by atoms with Crippen molar-refractivity contribution in [2.24, 2.45) is 0 Å².